The van der Waals surface area contributed by atoms with Gasteiger partial charge in [0, 0.05) is 35.2 Å². The smallest absolute Gasteiger partial charge is 0.247 e. The van der Waals surface area contributed by atoms with E-state index in [0.29, 0.717) is 34.5 Å². The fourth-order valence-corrected chi connectivity index (χ4v) is 6.00. The van der Waals surface area contributed by atoms with Gasteiger partial charge in [0.2, 0.25) is 11.8 Å². The molecule has 194 valence electrons. The van der Waals surface area contributed by atoms with Crippen LogP contribution in [0.2, 0.25) is 0 Å². The minimum Gasteiger partial charge on any atom is -0.493 e. The molecule has 1 heterocycles. The minimum absolute atomic E-state index is 0.000957. The van der Waals surface area contributed by atoms with E-state index in [0.717, 1.165) is 44.9 Å². The molecule has 36 heavy (non-hydrogen) atoms. The number of methoxy groups -OCH3 is 1. The predicted molar refractivity (Wildman–Crippen MR) is 130 cm³/mol. The molecule has 0 spiro atoms. The first-order valence-corrected chi connectivity index (χ1v) is 12.9. The molecule has 0 aromatic heterocycles. The van der Waals surface area contributed by atoms with E-state index in [9.17, 15) is 24.6 Å². The molecule has 3 aliphatic carbocycles. The monoisotopic (exact) mass is 498 g/mol. The first kappa shape index (κ1) is 24.8. The molecule has 5 rings (SSSR count). The van der Waals surface area contributed by atoms with Crippen molar-refractivity contribution in [2.24, 2.45) is 5.92 Å². The Balaban J connectivity index is 1.59. The lowest BCUT2D eigenvalue weighted by atomic mass is 9.76. The van der Waals surface area contributed by atoms with Crippen LogP contribution in [0.1, 0.15) is 66.8 Å². The zero-order valence-electron chi connectivity index (χ0n) is 20.5. The summed E-state index contributed by atoms with van der Waals surface area (Å²) in [4.78, 5) is 40.3. The third-order valence-electron chi connectivity index (χ3n) is 7.88. The zero-order chi connectivity index (χ0) is 25.4. The molecular weight excluding hydrogens is 464 g/mol. The number of amides is 2. The molecule has 1 aromatic carbocycles. The zero-order valence-corrected chi connectivity index (χ0v) is 20.5. The average molecular weight is 499 g/mol. The van der Waals surface area contributed by atoms with Crippen molar-refractivity contribution in [3.8, 4) is 11.5 Å². The van der Waals surface area contributed by atoms with Gasteiger partial charge in [-0.15, -0.1) is 0 Å². The number of ether oxygens (including phenoxy) is 2. The molecule has 1 aliphatic heterocycles. The molecule has 4 aliphatic rings. The largest absolute Gasteiger partial charge is 0.493 e. The van der Waals surface area contributed by atoms with Crippen LogP contribution in [0.25, 0.3) is 0 Å². The maximum atomic E-state index is 13.5. The maximum Gasteiger partial charge on any atom is 0.247 e. The summed E-state index contributed by atoms with van der Waals surface area (Å²) in [7, 11) is 1.47. The van der Waals surface area contributed by atoms with E-state index in [2.05, 4.69) is 5.32 Å². The van der Waals surface area contributed by atoms with Crippen LogP contribution in [-0.2, 0) is 9.59 Å². The number of rotatable bonds is 8. The molecule has 9 heteroatoms. The number of nitrogens with zero attached hydrogens (tertiary/aromatic N) is 1. The minimum atomic E-state index is -1.08. The number of carbonyl (C=O) groups excluding carboxylic acids is 3. The van der Waals surface area contributed by atoms with E-state index < -0.39 is 30.1 Å². The number of aldehydes is 1. The maximum absolute atomic E-state index is 13.5. The standard InChI is InChI=1S/C27H34N2O7/c1-35-21-12-15(14-31)11-18-22-19(26(33)28-9-10-30)13-20(23(32)25(22)36-24(18)21)29(27(34)16-7-8-16)17-5-3-2-4-6-17/h11-14,16-17,20,22-23,25,30,32H,2-10H2,1H3,(H,28,33)/t20-,22+,23+,25+/m1/s1. The first-order valence-electron chi connectivity index (χ1n) is 12.9. The van der Waals surface area contributed by atoms with E-state index in [-0.39, 0.29) is 31.0 Å². The van der Waals surface area contributed by atoms with Crippen molar-refractivity contribution in [3.05, 3.63) is 34.9 Å². The lowest BCUT2D eigenvalue weighted by molar-refractivity contribution is -0.142. The van der Waals surface area contributed by atoms with Gasteiger partial charge in [-0.05, 0) is 43.9 Å². The Morgan fingerprint density at radius 2 is 1.94 bits per heavy atom. The van der Waals surface area contributed by atoms with Gasteiger partial charge in [0.05, 0.1) is 25.7 Å². The van der Waals surface area contributed by atoms with Crippen LogP contribution in [0.15, 0.2) is 23.8 Å². The van der Waals surface area contributed by atoms with E-state index >= 15 is 0 Å². The molecular formula is C27H34N2O7. The molecule has 0 bridgehead atoms. The highest BCUT2D eigenvalue weighted by atomic mass is 16.5. The van der Waals surface area contributed by atoms with Crippen molar-refractivity contribution >= 4 is 18.1 Å². The second kappa shape index (κ2) is 10.2. The van der Waals surface area contributed by atoms with Gasteiger partial charge in [-0.1, -0.05) is 19.3 Å². The van der Waals surface area contributed by atoms with Gasteiger partial charge in [-0.25, -0.2) is 0 Å². The van der Waals surface area contributed by atoms with Crippen molar-refractivity contribution < 1.29 is 34.1 Å². The second-order valence-electron chi connectivity index (χ2n) is 10.2. The number of carbonyl (C=O) groups is 3. The van der Waals surface area contributed by atoms with E-state index in [4.69, 9.17) is 9.47 Å². The topological polar surface area (TPSA) is 125 Å². The summed E-state index contributed by atoms with van der Waals surface area (Å²) in [6, 6.07) is 2.50. The van der Waals surface area contributed by atoms with Crippen LogP contribution >= 0.6 is 0 Å². The first-order chi connectivity index (χ1) is 17.5. The van der Waals surface area contributed by atoms with Gasteiger partial charge < -0.3 is 29.9 Å². The molecule has 9 nitrogen and oxygen atoms in total. The van der Waals surface area contributed by atoms with Crippen molar-refractivity contribution in [2.75, 3.05) is 20.3 Å². The lowest BCUT2D eigenvalue weighted by Gasteiger charge is -2.45. The third kappa shape index (κ3) is 4.39. The quantitative estimate of drug-likeness (QED) is 0.466. The van der Waals surface area contributed by atoms with Gasteiger partial charge in [0.1, 0.15) is 18.5 Å². The van der Waals surface area contributed by atoms with Gasteiger partial charge in [-0.3, -0.25) is 14.4 Å². The Bertz CT molecular complexity index is 1060. The van der Waals surface area contributed by atoms with Crippen LogP contribution < -0.4 is 14.8 Å². The van der Waals surface area contributed by atoms with Crippen LogP contribution in [-0.4, -0.2) is 77.8 Å². The SMILES string of the molecule is COc1cc(C=O)cc2c1O[C@@H]1[C@@H](O)[C@H](N(C(=O)C3CC3)C3CCCCC3)C=C(C(=O)NCCO)[C@H]21. The molecule has 0 radical (unpaired) electrons. The Hall–Kier alpha value is -2.91. The number of hydrogen-bond acceptors (Lipinski definition) is 7. The number of aliphatic hydroxyl groups is 2. The number of fused-ring (bicyclic) bond motifs is 3. The molecule has 2 saturated carbocycles. The summed E-state index contributed by atoms with van der Waals surface area (Å²) in [5.74, 6) is -0.313. The molecule has 4 atom stereocenters. The van der Waals surface area contributed by atoms with Crippen molar-refractivity contribution in [3.63, 3.8) is 0 Å². The Labute approximate surface area is 210 Å². The molecule has 2 fully saturated rings. The molecule has 2 amide bonds. The molecule has 3 N–H and O–H groups in total. The van der Waals surface area contributed by atoms with E-state index in [1.54, 1.807) is 18.2 Å². The molecule has 1 aromatic rings. The summed E-state index contributed by atoms with van der Waals surface area (Å²) in [5, 5.41) is 23.7. The van der Waals surface area contributed by atoms with Gasteiger partial charge >= 0.3 is 0 Å². The van der Waals surface area contributed by atoms with E-state index in [1.165, 1.54) is 7.11 Å². The lowest BCUT2D eigenvalue weighted by Crippen LogP contribution is -2.59. The van der Waals surface area contributed by atoms with Gasteiger partial charge in [-0.2, -0.15) is 0 Å². The number of benzene rings is 1. The Morgan fingerprint density at radius 3 is 2.58 bits per heavy atom. The fraction of sp³-hybridized carbons (Fsp3) is 0.593. The van der Waals surface area contributed by atoms with Crippen LogP contribution in [0.3, 0.4) is 0 Å². The van der Waals surface area contributed by atoms with Gasteiger partial charge in [0.25, 0.3) is 0 Å². The normalized spacial score (nSPS) is 27.2. The van der Waals surface area contributed by atoms with Crippen molar-refractivity contribution in [2.45, 2.75) is 75.2 Å². The van der Waals surface area contributed by atoms with Crippen molar-refractivity contribution in [1.82, 2.24) is 10.2 Å². The summed E-state index contributed by atoms with van der Waals surface area (Å²) < 4.78 is 11.7. The predicted octanol–water partition coefficient (Wildman–Crippen LogP) is 1.70. The summed E-state index contributed by atoms with van der Waals surface area (Å²) in [6.07, 6.45) is 7.10. The molecule has 0 unspecified atom stereocenters. The Morgan fingerprint density at radius 1 is 1.19 bits per heavy atom. The van der Waals surface area contributed by atoms with Crippen LogP contribution in [0.5, 0.6) is 11.5 Å². The molecule has 0 saturated heterocycles. The fourth-order valence-electron chi connectivity index (χ4n) is 6.00. The number of aliphatic hydroxyl groups excluding tert-OH is 2. The Kier molecular flexibility index (Phi) is 7.03. The highest BCUT2D eigenvalue weighted by Crippen LogP contribution is 2.52. The third-order valence-corrected chi connectivity index (χ3v) is 7.88. The number of hydrogen-bond donors (Lipinski definition) is 3. The summed E-state index contributed by atoms with van der Waals surface area (Å²) in [6.45, 7) is -0.150. The van der Waals surface area contributed by atoms with Crippen LogP contribution in [0, 0.1) is 5.92 Å². The van der Waals surface area contributed by atoms with Crippen LogP contribution in [0.4, 0.5) is 0 Å². The highest BCUT2D eigenvalue weighted by Gasteiger charge is 2.53. The van der Waals surface area contributed by atoms with Gasteiger partial charge in [0.15, 0.2) is 11.5 Å². The van der Waals surface area contributed by atoms with E-state index in [1.807, 2.05) is 4.90 Å². The van der Waals surface area contributed by atoms with Crippen molar-refractivity contribution in [1.29, 1.82) is 0 Å². The average Bonchev–Trinajstić information content (AvgIpc) is 3.69. The summed E-state index contributed by atoms with van der Waals surface area (Å²) >= 11 is 0. The second-order valence-corrected chi connectivity index (χ2v) is 10.2. The summed E-state index contributed by atoms with van der Waals surface area (Å²) in [5.41, 5.74) is 1.31. The number of nitrogens with one attached hydrogen (secondary N) is 1. The highest BCUT2D eigenvalue weighted by molar-refractivity contribution is 5.96.